The van der Waals surface area contributed by atoms with Gasteiger partial charge in [0.15, 0.2) is 6.29 Å². The molecule has 9 heavy (non-hydrogen) atoms. The molecule has 0 aromatic rings. The topological polar surface area (TPSA) is 41.2 Å². The van der Waals surface area contributed by atoms with E-state index in [1.807, 2.05) is 0 Å². The first-order valence-corrected chi connectivity index (χ1v) is 3.19. The predicted octanol–water partition coefficient (Wildman–Crippen LogP) is 0.735. The Bertz CT molecular complexity index is 60.1. The first kappa shape index (κ1) is 8.88. The Morgan fingerprint density at radius 2 is 2.22 bits per heavy atom. The molecule has 2 atom stereocenters. The minimum atomic E-state index is -0.882. The van der Waals surface area contributed by atoms with Gasteiger partial charge in [0, 0.05) is 0 Å². The number of ether oxygens (including phenoxy) is 1. The highest BCUT2D eigenvalue weighted by molar-refractivity contribution is 4.41. The third-order valence-electron chi connectivity index (χ3n) is 1.10. The first-order chi connectivity index (χ1) is 4.20. The summed E-state index contributed by atoms with van der Waals surface area (Å²) in [6, 6.07) is 0. The fourth-order valence-corrected chi connectivity index (χ4v) is 0.392. The number of rotatable bonds is 4. The summed E-state index contributed by atoms with van der Waals surface area (Å²) in [4.78, 5) is 0. The van der Waals surface area contributed by atoms with Gasteiger partial charge in [0.25, 0.3) is 0 Å². The van der Waals surface area contributed by atoms with Crippen molar-refractivity contribution in [1.29, 1.82) is 0 Å². The highest BCUT2D eigenvalue weighted by atomic mass is 16.6. The van der Waals surface area contributed by atoms with Gasteiger partial charge < -0.3 is 4.74 Å². The molecule has 0 aromatic heterocycles. The van der Waals surface area contributed by atoms with Gasteiger partial charge in [-0.3, -0.25) is 5.32 Å². The van der Waals surface area contributed by atoms with Crippen LogP contribution in [0.5, 0.6) is 0 Å². The zero-order valence-electron chi connectivity index (χ0n) is 6.18. The Morgan fingerprint density at radius 3 is 2.56 bits per heavy atom. The van der Waals surface area contributed by atoms with Crippen molar-refractivity contribution in [3.63, 3.8) is 0 Å². The summed E-state index contributed by atoms with van der Waals surface area (Å²) in [5, 5.41) is 13.4. The summed E-state index contributed by atoms with van der Waals surface area (Å²) in [5.41, 5.74) is 0. The van der Waals surface area contributed by atoms with E-state index in [0.29, 0.717) is 6.42 Å². The van der Waals surface area contributed by atoms with Crippen LogP contribution in [0.2, 0.25) is 0 Å². The first-order valence-electron chi connectivity index (χ1n) is 3.19. The molecule has 0 fully saturated rings. The molecule has 0 heterocycles. The smallest absolute Gasteiger partial charge is 0.192 e. The van der Waals surface area contributed by atoms with Crippen LogP contribution in [0.3, 0.4) is 0 Å². The highest BCUT2D eigenvalue weighted by Crippen LogP contribution is 1.95. The van der Waals surface area contributed by atoms with Crippen LogP contribution in [0, 0.1) is 0 Å². The summed E-state index contributed by atoms with van der Waals surface area (Å²) in [7, 11) is 1.76. The van der Waals surface area contributed by atoms with E-state index in [4.69, 9.17) is 4.74 Å². The molecule has 55 valence electrons. The van der Waals surface area contributed by atoms with Crippen molar-refractivity contribution >= 4 is 0 Å². The Morgan fingerprint density at radius 1 is 1.67 bits per heavy atom. The largest absolute Gasteiger partial charge is 0.332 e. The maximum Gasteiger partial charge on any atom is 0.192 e. The molecular formula is C6H14NO2. The van der Waals surface area contributed by atoms with Crippen LogP contribution in [0.4, 0.5) is 0 Å². The van der Waals surface area contributed by atoms with E-state index >= 15 is 0 Å². The number of hydrogen-bond acceptors (Lipinski definition) is 2. The molecular weight excluding hydrogens is 118 g/mol. The van der Waals surface area contributed by atoms with Crippen LogP contribution in [-0.4, -0.2) is 19.6 Å². The average Bonchev–Trinajstić information content (AvgIpc) is 1.87. The van der Waals surface area contributed by atoms with E-state index in [1.54, 1.807) is 20.9 Å². The molecule has 3 nitrogen and oxygen atoms in total. The van der Waals surface area contributed by atoms with E-state index in [-0.39, 0.29) is 6.23 Å². The van der Waals surface area contributed by atoms with Gasteiger partial charge in [-0.1, -0.05) is 6.92 Å². The van der Waals surface area contributed by atoms with E-state index in [0.717, 1.165) is 0 Å². The molecule has 0 bridgehead atoms. The van der Waals surface area contributed by atoms with Crippen LogP contribution in [0.15, 0.2) is 0 Å². The minimum absolute atomic E-state index is 0.132. The second kappa shape index (κ2) is 4.73. The molecule has 0 spiro atoms. The standard InChI is InChI=1S/C6H14NO2/c1-4-6(8)9-5(2)7-3/h5-7H,4H2,1-3H3. The van der Waals surface area contributed by atoms with Crippen LogP contribution in [0.1, 0.15) is 20.3 Å². The fourth-order valence-electron chi connectivity index (χ4n) is 0.392. The molecule has 1 N–H and O–H groups in total. The quantitative estimate of drug-likeness (QED) is 0.573. The Labute approximate surface area is 56.0 Å². The molecule has 0 aromatic carbocycles. The predicted molar refractivity (Wildman–Crippen MR) is 34.4 cm³/mol. The van der Waals surface area contributed by atoms with Crippen molar-refractivity contribution in [2.24, 2.45) is 0 Å². The summed E-state index contributed by atoms with van der Waals surface area (Å²) in [6.45, 7) is 3.61. The SMILES string of the molecule is CCC([O])OC(C)NC. The molecule has 0 saturated heterocycles. The van der Waals surface area contributed by atoms with Crippen LogP contribution < -0.4 is 5.32 Å². The second-order valence-electron chi connectivity index (χ2n) is 1.90. The summed E-state index contributed by atoms with van der Waals surface area (Å²) in [6.07, 6.45) is -0.494. The monoisotopic (exact) mass is 132 g/mol. The Hall–Kier alpha value is -0.120. The van der Waals surface area contributed by atoms with Crippen LogP contribution >= 0.6 is 0 Å². The molecule has 0 saturated carbocycles. The van der Waals surface area contributed by atoms with Crippen molar-refractivity contribution < 1.29 is 9.84 Å². The Balaban J connectivity index is 3.22. The maximum atomic E-state index is 10.6. The lowest BCUT2D eigenvalue weighted by atomic mass is 10.5. The zero-order valence-corrected chi connectivity index (χ0v) is 6.18. The van der Waals surface area contributed by atoms with Crippen molar-refractivity contribution in [3.05, 3.63) is 0 Å². The van der Waals surface area contributed by atoms with E-state index in [1.165, 1.54) is 0 Å². The Kier molecular flexibility index (Phi) is 4.67. The van der Waals surface area contributed by atoms with Crippen LogP contribution in [-0.2, 0) is 9.84 Å². The van der Waals surface area contributed by atoms with E-state index in [9.17, 15) is 5.11 Å². The molecule has 3 heteroatoms. The lowest BCUT2D eigenvalue weighted by Gasteiger charge is -2.13. The third kappa shape index (κ3) is 4.39. The minimum Gasteiger partial charge on any atom is -0.332 e. The van der Waals surface area contributed by atoms with Gasteiger partial charge in [0.2, 0.25) is 0 Å². The van der Waals surface area contributed by atoms with Gasteiger partial charge in [0.1, 0.15) is 6.23 Å². The molecule has 0 aliphatic heterocycles. The summed E-state index contributed by atoms with van der Waals surface area (Å²) in [5.74, 6) is 0. The maximum absolute atomic E-state index is 10.6. The van der Waals surface area contributed by atoms with E-state index in [2.05, 4.69) is 5.32 Å². The summed E-state index contributed by atoms with van der Waals surface area (Å²) >= 11 is 0. The van der Waals surface area contributed by atoms with Gasteiger partial charge >= 0.3 is 0 Å². The zero-order chi connectivity index (χ0) is 7.28. The average molecular weight is 132 g/mol. The third-order valence-corrected chi connectivity index (χ3v) is 1.10. The lowest BCUT2D eigenvalue weighted by Crippen LogP contribution is -2.28. The molecule has 1 radical (unpaired) electrons. The van der Waals surface area contributed by atoms with Gasteiger partial charge in [0.05, 0.1) is 0 Å². The van der Waals surface area contributed by atoms with E-state index < -0.39 is 6.29 Å². The van der Waals surface area contributed by atoms with Gasteiger partial charge in [-0.05, 0) is 20.4 Å². The van der Waals surface area contributed by atoms with Gasteiger partial charge in [-0.2, -0.15) is 0 Å². The summed E-state index contributed by atoms with van der Waals surface area (Å²) < 4.78 is 4.88. The molecule has 0 amide bonds. The number of nitrogens with one attached hydrogen (secondary N) is 1. The van der Waals surface area contributed by atoms with Crippen molar-refractivity contribution in [3.8, 4) is 0 Å². The fraction of sp³-hybridized carbons (Fsp3) is 1.00. The normalized spacial score (nSPS) is 17.3. The van der Waals surface area contributed by atoms with Crippen molar-refractivity contribution in [2.75, 3.05) is 7.05 Å². The second-order valence-corrected chi connectivity index (χ2v) is 1.90. The van der Waals surface area contributed by atoms with Gasteiger partial charge in [-0.15, -0.1) is 0 Å². The highest BCUT2D eigenvalue weighted by Gasteiger charge is 2.05. The van der Waals surface area contributed by atoms with Crippen LogP contribution in [0.25, 0.3) is 0 Å². The molecule has 2 unspecified atom stereocenters. The molecule has 0 aliphatic rings. The number of hydrogen-bond donors (Lipinski definition) is 1. The van der Waals surface area contributed by atoms with Crippen molar-refractivity contribution in [1.82, 2.24) is 5.32 Å². The van der Waals surface area contributed by atoms with Gasteiger partial charge in [-0.25, -0.2) is 5.11 Å². The lowest BCUT2D eigenvalue weighted by molar-refractivity contribution is -0.172. The molecule has 0 rings (SSSR count). The molecule has 0 aliphatic carbocycles. The van der Waals surface area contributed by atoms with Crippen molar-refractivity contribution in [2.45, 2.75) is 32.8 Å².